The molecular formula is C70H50N2. The van der Waals surface area contributed by atoms with Gasteiger partial charge in [0.2, 0.25) is 0 Å². The first-order valence-electron chi connectivity index (χ1n) is 25.2. The van der Waals surface area contributed by atoms with Crippen molar-refractivity contribution in [2.75, 3.05) is 4.90 Å². The van der Waals surface area contributed by atoms with Crippen molar-refractivity contribution in [3.63, 3.8) is 0 Å². The molecule has 0 saturated heterocycles. The highest BCUT2D eigenvalue weighted by Gasteiger charge is 2.47. The number of hydrogen-bond acceptors (Lipinski definition) is 1. The minimum Gasteiger partial charge on any atom is -0.310 e. The van der Waals surface area contributed by atoms with E-state index in [4.69, 9.17) is 0 Å². The summed E-state index contributed by atoms with van der Waals surface area (Å²) < 4.78 is 2.38. The van der Waals surface area contributed by atoms with Crippen LogP contribution in [0.3, 0.4) is 0 Å². The molecule has 1 heterocycles. The summed E-state index contributed by atoms with van der Waals surface area (Å²) in [6.07, 6.45) is 0. The van der Waals surface area contributed by atoms with E-state index in [0.717, 1.165) is 22.7 Å². The van der Waals surface area contributed by atoms with Gasteiger partial charge in [-0.15, -0.1) is 0 Å². The van der Waals surface area contributed by atoms with Gasteiger partial charge >= 0.3 is 0 Å². The van der Waals surface area contributed by atoms with E-state index in [1.54, 1.807) is 0 Å². The fourth-order valence-electron chi connectivity index (χ4n) is 12.6. The Kier molecular flexibility index (Phi) is 9.50. The van der Waals surface area contributed by atoms with Crippen LogP contribution in [-0.4, -0.2) is 4.57 Å². The lowest BCUT2D eigenvalue weighted by Crippen LogP contribution is -2.28. The van der Waals surface area contributed by atoms with Gasteiger partial charge in [0.25, 0.3) is 0 Å². The molecule has 0 atom stereocenters. The minimum atomic E-state index is -0.526. The Hall–Kier alpha value is -8.98. The Morgan fingerprint density at radius 2 is 0.847 bits per heavy atom. The molecule has 340 valence electrons. The topological polar surface area (TPSA) is 8.17 Å². The van der Waals surface area contributed by atoms with Crippen LogP contribution < -0.4 is 4.90 Å². The highest BCUT2D eigenvalue weighted by atomic mass is 15.1. The first-order chi connectivity index (χ1) is 35.5. The molecule has 0 fully saturated rings. The summed E-state index contributed by atoms with van der Waals surface area (Å²) in [7, 11) is 0. The third kappa shape index (κ3) is 6.22. The van der Waals surface area contributed by atoms with Gasteiger partial charge in [-0.1, -0.05) is 220 Å². The molecule has 0 spiro atoms. The van der Waals surface area contributed by atoms with Crippen LogP contribution in [-0.2, 0) is 10.8 Å². The van der Waals surface area contributed by atoms with Crippen LogP contribution in [0.2, 0.25) is 0 Å². The van der Waals surface area contributed by atoms with Crippen LogP contribution in [0.15, 0.2) is 267 Å². The van der Waals surface area contributed by atoms with E-state index >= 15 is 0 Å². The third-order valence-corrected chi connectivity index (χ3v) is 15.9. The SMILES string of the molecule is CC1(C)c2ccccc2-c2ccc(-c3cccc(N(c4ccc(-c5ccc(-n6c7ccccc7c7ccccc76)cc5)cc4)c4cccc5c4-c4ccccc4C5(c4ccccc4)c4ccccc4)c3)cc21. The quantitative estimate of drug-likeness (QED) is 0.147. The second-order valence-electron chi connectivity index (χ2n) is 20.0. The van der Waals surface area contributed by atoms with Gasteiger partial charge in [0.15, 0.2) is 0 Å². The highest BCUT2D eigenvalue weighted by molar-refractivity contribution is 6.09. The van der Waals surface area contributed by atoms with Gasteiger partial charge in [-0.3, -0.25) is 0 Å². The third-order valence-electron chi connectivity index (χ3n) is 15.9. The average molecular weight is 919 g/mol. The highest BCUT2D eigenvalue weighted by Crippen LogP contribution is 2.60. The maximum Gasteiger partial charge on any atom is 0.0714 e. The predicted molar refractivity (Wildman–Crippen MR) is 301 cm³/mol. The van der Waals surface area contributed by atoms with Gasteiger partial charge in [0.1, 0.15) is 0 Å². The van der Waals surface area contributed by atoms with E-state index in [2.05, 4.69) is 290 Å². The Morgan fingerprint density at radius 1 is 0.333 bits per heavy atom. The number of rotatable bonds is 8. The molecule has 0 unspecified atom stereocenters. The van der Waals surface area contributed by atoms with Crippen LogP contribution >= 0.6 is 0 Å². The molecule has 2 heteroatoms. The Morgan fingerprint density at radius 3 is 1.53 bits per heavy atom. The van der Waals surface area contributed by atoms with Gasteiger partial charge in [0, 0.05) is 38.8 Å². The standard InChI is InChI=1S/C70H50N2/c1-69(2)61-29-13-9-25-56(61)57-44-39-50(46-64(57)69)49-19-17-24-55(45-49)71(53-40-35-47(36-41-53)48-37-42-54(43-38-48)72-65-32-15-11-26-58(65)59-27-12-16-33-66(59)72)67-34-18-31-63-68(67)60-28-10-14-30-62(60)70(63,51-20-5-3-6-21-51)52-22-7-4-8-23-52/h3-46H,1-2H3. The van der Waals surface area contributed by atoms with Crippen LogP contribution in [0.5, 0.6) is 0 Å². The van der Waals surface area contributed by atoms with E-state index in [-0.39, 0.29) is 5.41 Å². The van der Waals surface area contributed by atoms with Crippen LogP contribution in [0.1, 0.15) is 47.2 Å². The molecule has 72 heavy (non-hydrogen) atoms. The lowest BCUT2D eigenvalue weighted by Gasteiger charge is -2.34. The van der Waals surface area contributed by atoms with Crippen molar-refractivity contribution in [2.24, 2.45) is 0 Å². The number of anilines is 3. The largest absolute Gasteiger partial charge is 0.310 e. The van der Waals surface area contributed by atoms with E-state index < -0.39 is 5.41 Å². The molecule has 2 aliphatic carbocycles. The second kappa shape index (κ2) is 16.3. The van der Waals surface area contributed by atoms with Crippen LogP contribution in [0, 0.1) is 0 Å². The van der Waals surface area contributed by atoms with Crippen molar-refractivity contribution >= 4 is 38.9 Å². The smallest absolute Gasteiger partial charge is 0.0714 e. The van der Waals surface area contributed by atoms with Crippen molar-refractivity contribution in [3.05, 3.63) is 300 Å². The number of para-hydroxylation sites is 2. The zero-order valence-corrected chi connectivity index (χ0v) is 40.3. The average Bonchev–Trinajstić information content (AvgIpc) is 4.03. The molecule has 2 aliphatic rings. The summed E-state index contributed by atoms with van der Waals surface area (Å²) in [4.78, 5) is 2.49. The summed E-state index contributed by atoms with van der Waals surface area (Å²) in [5.41, 5.74) is 24.0. The Labute approximate surface area is 421 Å². The molecule has 0 bridgehead atoms. The molecule has 12 aromatic rings. The number of nitrogens with zero attached hydrogens (tertiary/aromatic N) is 2. The first kappa shape index (κ1) is 41.9. The van der Waals surface area contributed by atoms with Gasteiger partial charge < -0.3 is 9.47 Å². The summed E-state index contributed by atoms with van der Waals surface area (Å²) in [6.45, 7) is 4.73. The summed E-state index contributed by atoms with van der Waals surface area (Å²) in [5.74, 6) is 0. The van der Waals surface area contributed by atoms with Crippen molar-refractivity contribution in [2.45, 2.75) is 24.7 Å². The number of benzene rings is 11. The molecule has 2 nitrogen and oxygen atoms in total. The Bertz CT molecular complexity index is 3950. The fourth-order valence-corrected chi connectivity index (χ4v) is 12.6. The monoisotopic (exact) mass is 918 g/mol. The van der Waals surface area contributed by atoms with E-state index in [0.29, 0.717) is 0 Å². The first-order valence-corrected chi connectivity index (χ1v) is 25.2. The molecule has 14 rings (SSSR count). The molecule has 0 amide bonds. The molecule has 11 aromatic carbocycles. The Balaban J connectivity index is 0.928. The number of fused-ring (bicyclic) bond motifs is 9. The maximum atomic E-state index is 2.49. The van der Waals surface area contributed by atoms with Crippen molar-refractivity contribution in [3.8, 4) is 50.2 Å². The molecule has 0 radical (unpaired) electrons. The van der Waals surface area contributed by atoms with Crippen LogP contribution in [0.4, 0.5) is 17.1 Å². The van der Waals surface area contributed by atoms with Crippen molar-refractivity contribution < 1.29 is 0 Å². The van der Waals surface area contributed by atoms with Gasteiger partial charge in [-0.2, -0.15) is 0 Å². The van der Waals surface area contributed by atoms with Crippen molar-refractivity contribution in [1.29, 1.82) is 0 Å². The van der Waals surface area contributed by atoms with Crippen LogP contribution in [0.25, 0.3) is 72.0 Å². The van der Waals surface area contributed by atoms with Gasteiger partial charge in [0.05, 0.1) is 22.1 Å². The number of aromatic nitrogens is 1. The zero-order chi connectivity index (χ0) is 48.0. The molecule has 0 N–H and O–H groups in total. The molecule has 0 saturated carbocycles. The van der Waals surface area contributed by atoms with E-state index in [9.17, 15) is 0 Å². The van der Waals surface area contributed by atoms with E-state index in [1.165, 1.54) is 99.7 Å². The fraction of sp³-hybridized carbons (Fsp3) is 0.0571. The predicted octanol–water partition coefficient (Wildman–Crippen LogP) is 18.3. The van der Waals surface area contributed by atoms with Crippen molar-refractivity contribution in [1.82, 2.24) is 4.57 Å². The van der Waals surface area contributed by atoms with Gasteiger partial charge in [-0.25, -0.2) is 0 Å². The summed E-state index contributed by atoms with van der Waals surface area (Å²) in [5, 5.41) is 2.53. The molecule has 1 aromatic heterocycles. The van der Waals surface area contributed by atoms with Gasteiger partial charge in [-0.05, 0) is 133 Å². The summed E-state index contributed by atoms with van der Waals surface area (Å²) >= 11 is 0. The normalized spacial score (nSPS) is 13.6. The maximum absolute atomic E-state index is 2.49. The van der Waals surface area contributed by atoms with E-state index in [1.807, 2.05) is 0 Å². The zero-order valence-electron chi connectivity index (χ0n) is 40.3. The minimum absolute atomic E-state index is 0.0966. The summed E-state index contributed by atoms with van der Waals surface area (Å²) in [6, 6.07) is 99.0. The number of hydrogen-bond donors (Lipinski definition) is 0. The lowest BCUT2D eigenvalue weighted by atomic mass is 9.68. The molecule has 0 aliphatic heterocycles. The lowest BCUT2D eigenvalue weighted by molar-refractivity contribution is 0.660. The molecular weight excluding hydrogens is 869 g/mol. The second-order valence-corrected chi connectivity index (χ2v) is 20.0.